The van der Waals surface area contributed by atoms with E-state index in [9.17, 15) is 10.0 Å². The zero-order valence-electron chi connectivity index (χ0n) is 5.83. The molecule has 2 N–H and O–H groups in total. The number of rotatable bonds is 1. The van der Waals surface area contributed by atoms with Gasteiger partial charge in [-0.15, -0.1) is 0 Å². The SMILES string of the molecule is CC1=[N+]([O-])C(C(N)=O)CC1. The van der Waals surface area contributed by atoms with Crippen LogP contribution in [0.1, 0.15) is 19.8 Å². The molecule has 4 heteroatoms. The second-order valence-electron chi connectivity index (χ2n) is 2.52. The van der Waals surface area contributed by atoms with Crippen LogP contribution in [0.25, 0.3) is 0 Å². The molecule has 1 heterocycles. The van der Waals surface area contributed by atoms with Crippen molar-refractivity contribution in [1.82, 2.24) is 0 Å². The molecule has 0 radical (unpaired) electrons. The van der Waals surface area contributed by atoms with Crippen molar-refractivity contribution >= 4 is 11.6 Å². The highest BCUT2D eigenvalue weighted by atomic mass is 16.5. The molecule has 0 aromatic carbocycles. The quantitative estimate of drug-likeness (QED) is 0.400. The number of primary amides is 1. The van der Waals surface area contributed by atoms with Gasteiger partial charge in [0.15, 0.2) is 5.71 Å². The lowest BCUT2D eigenvalue weighted by Gasteiger charge is -2.06. The van der Waals surface area contributed by atoms with Crippen LogP contribution in [0.4, 0.5) is 0 Å². The second-order valence-corrected chi connectivity index (χ2v) is 2.52. The fourth-order valence-electron chi connectivity index (χ4n) is 1.10. The van der Waals surface area contributed by atoms with E-state index < -0.39 is 11.9 Å². The normalized spacial score (nSPS) is 25.5. The lowest BCUT2D eigenvalue weighted by Crippen LogP contribution is -2.33. The average molecular weight is 142 g/mol. The lowest BCUT2D eigenvalue weighted by molar-refractivity contribution is -0.477. The first-order chi connectivity index (χ1) is 4.63. The van der Waals surface area contributed by atoms with Crippen molar-refractivity contribution in [2.24, 2.45) is 5.73 Å². The van der Waals surface area contributed by atoms with Gasteiger partial charge in [0, 0.05) is 19.8 Å². The van der Waals surface area contributed by atoms with E-state index in [2.05, 4.69) is 0 Å². The minimum atomic E-state index is -0.611. The number of hydroxylamine groups is 1. The monoisotopic (exact) mass is 142 g/mol. The van der Waals surface area contributed by atoms with E-state index in [1.807, 2.05) is 0 Å². The summed E-state index contributed by atoms with van der Waals surface area (Å²) in [6.07, 6.45) is 1.27. The predicted octanol–water partition coefficient (Wildman–Crippen LogP) is -0.395. The molecule has 0 saturated heterocycles. The maximum atomic E-state index is 10.9. The van der Waals surface area contributed by atoms with Crippen molar-refractivity contribution in [2.75, 3.05) is 0 Å². The molecule has 1 rings (SSSR count). The Labute approximate surface area is 58.9 Å². The molecule has 0 aliphatic carbocycles. The van der Waals surface area contributed by atoms with Crippen molar-refractivity contribution in [3.05, 3.63) is 5.21 Å². The Morgan fingerprint density at radius 2 is 2.50 bits per heavy atom. The van der Waals surface area contributed by atoms with Gasteiger partial charge in [-0.1, -0.05) is 0 Å². The molecule has 10 heavy (non-hydrogen) atoms. The predicted molar refractivity (Wildman–Crippen MR) is 36.5 cm³/mol. The summed E-state index contributed by atoms with van der Waals surface area (Å²) in [6, 6.07) is -0.611. The highest BCUT2D eigenvalue weighted by Crippen LogP contribution is 2.10. The largest absolute Gasteiger partial charge is 0.623 e. The van der Waals surface area contributed by atoms with Gasteiger partial charge in [-0.2, -0.15) is 0 Å². The smallest absolute Gasteiger partial charge is 0.287 e. The molecular formula is C6H10N2O2. The molecule has 0 aromatic rings. The first-order valence-corrected chi connectivity index (χ1v) is 3.21. The van der Waals surface area contributed by atoms with Crippen LogP contribution in [0.2, 0.25) is 0 Å². The van der Waals surface area contributed by atoms with Gasteiger partial charge in [-0.25, -0.2) is 4.74 Å². The van der Waals surface area contributed by atoms with Crippen molar-refractivity contribution in [3.8, 4) is 0 Å². The van der Waals surface area contributed by atoms with Gasteiger partial charge < -0.3 is 10.9 Å². The van der Waals surface area contributed by atoms with Crippen molar-refractivity contribution in [3.63, 3.8) is 0 Å². The highest BCUT2D eigenvalue weighted by Gasteiger charge is 2.30. The molecular weight excluding hydrogens is 132 g/mol. The highest BCUT2D eigenvalue weighted by molar-refractivity contribution is 5.85. The first-order valence-electron chi connectivity index (χ1n) is 3.21. The molecule has 4 nitrogen and oxygen atoms in total. The zero-order chi connectivity index (χ0) is 7.72. The summed E-state index contributed by atoms with van der Waals surface area (Å²) in [5.41, 5.74) is 5.65. The fourth-order valence-corrected chi connectivity index (χ4v) is 1.10. The number of nitrogens with zero attached hydrogens (tertiary/aromatic N) is 1. The number of nitrogens with two attached hydrogens (primary N) is 1. The van der Waals surface area contributed by atoms with Crippen LogP contribution in [0.15, 0.2) is 0 Å². The van der Waals surface area contributed by atoms with E-state index in [4.69, 9.17) is 5.73 Å². The Morgan fingerprint density at radius 3 is 2.70 bits per heavy atom. The van der Waals surface area contributed by atoms with Gasteiger partial charge in [0.2, 0.25) is 6.04 Å². The van der Waals surface area contributed by atoms with Gasteiger partial charge >= 0.3 is 0 Å². The Balaban J connectivity index is 2.77. The maximum absolute atomic E-state index is 10.9. The topological polar surface area (TPSA) is 69.2 Å². The van der Waals surface area contributed by atoms with Crippen LogP contribution < -0.4 is 5.73 Å². The van der Waals surface area contributed by atoms with Crippen LogP contribution >= 0.6 is 0 Å². The van der Waals surface area contributed by atoms with Crippen molar-refractivity contribution in [1.29, 1.82) is 0 Å². The van der Waals surface area contributed by atoms with E-state index in [1.54, 1.807) is 6.92 Å². The van der Waals surface area contributed by atoms with Crippen LogP contribution in [-0.2, 0) is 4.79 Å². The number of hydrogen-bond donors (Lipinski definition) is 1. The third kappa shape index (κ3) is 0.964. The second kappa shape index (κ2) is 2.28. The van der Waals surface area contributed by atoms with Crippen LogP contribution in [0.3, 0.4) is 0 Å². The summed E-state index contributed by atoms with van der Waals surface area (Å²) >= 11 is 0. The van der Waals surface area contributed by atoms with E-state index in [-0.39, 0.29) is 0 Å². The Morgan fingerprint density at radius 1 is 1.90 bits per heavy atom. The Kier molecular flexibility index (Phi) is 1.61. The standard InChI is InChI=1S/C6H10N2O2/c1-4-2-3-5(6(7)9)8(4)10/h5H,2-3H2,1H3,(H2,7,9). The summed E-state index contributed by atoms with van der Waals surface area (Å²) < 4.78 is 0.711. The minimum absolute atomic E-state index is 0.521. The number of carbonyl (C=O) groups excluding carboxylic acids is 1. The molecule has 0 aromatic heterocycles. The van der Waals surface area contributed by atoms with Gasteiger partial charge in [-0.3, -0.25) is 4.79 Å². The first kappa shape index (κ1) is 7.05. The van der Waals surface area contributed by atoms with E-state index in [1.165, 1.54) is 0 Å². The lowest BCUT2D eigenvalue weighted by atomic mass is 10.2. The third-order valence-electron chi connectivity index (χ3n) is 1.77. The van der Waals surface area contributed by atoms with E-state index >= 15 is 0 Å². The Hall–Kier alpha value is -1.06. The van der Waals surface area contributed by atoms with E-state index in [0.717, 1.165) is 0 Å². The van der Waals surface area contributed by atoms with Crippen molar-refractivity contribution in [2.45, 2.75) is 25.8 Å². The summed E-state index contributed by atoms with van der Waals surface area (Å²) in [4.78, 5) is 10.5. The number of amides is 1. The number of carbonyl (C=O) groups is 1. The van der Waals surface area contributed by atoms with Crippen LogP contribution in [-0.4, -0.2) is 22.4 Å². The molecule has 0 spiro atoms. The van der Waals surface area contributed by atoms with E-state index in [0.29, 0.717) is 23.3 Å². The zero-order valence-corrected chi connectivity index (χ0v) is 5.83. The van der Waals surface area contributed by atoms with Gasteiger partial charge in [0.05, 0.1) is 0 Å². The van der Waals surface area contributed by atoms with Gasteiger partial charge in [0.1, 0.15) is 0 Å². The molecule has 0 bridgehead atoms. The summed E-state index contributed by atoms with van der Waals surface area (Å²) in [5, 5.41) is 10.9. The summed E-state index contributed by atoms with van der Waals surface area (Å²) in [6.45, 7) is 1.72. The van der Waals surface area contributed by atoms with Crippen LogP contribution in [0.5, 0.6) is 0 Å². The summed E-state index contributed by atoms with van der Waals surface area (Å²) in [7, 11) is 0. The molecule has 1 amide bonds. The minimum Gasteiger partial charge on any atom is -0.623 e. The van der Waals surface area contributed by atoms with Crippen LogP contribution in [0, 0.1) is 5.21 Å². The molecule has 1 aliphatic heterocycles. The summed E-state index contributed by atoms with van der Waals surface area (Å²) in [5.74, 6) is -0.521. The molecule has 1 atom stereocenters. The molecule has 1 unspecified atom stereocenters. The molecule has 1 aliphatic rings. The van der Waals surface area contributed by atoms with Crippen molar-refractivity contribution < 1.29 is 9.53 Å². The molecule has 0 fully saturated rings. The van der Waals surface area contributed by atoms with Gasteiger partial charge in [-0.05, 0) is 0 Å². The number of hydrogen-bond acceptors (Lipinski definition) is 2. The Bertz CT molecular complexity index is 198. The maximum Gasteiger partial charge on any atom is 0.287 e. The van der Waals surface area contributed by atoms with Gasteiger partial charge in [0.25, 0.3) is 5.91 Å². The molecule has 56 valence electrons. The third-order valence-corrected chi connectivity index (χ3v) is 1.77. The fraction of sp³-hybridized carbons (Fsp3) is 0.667. The average Bonchev–Trinajstić information content (AvgIpc) is 2.14. The molecule has 0 saturated carbocycles.